The van der Waals surface area contributed by atoms with Gasteiger partial charge in [0.15, 0.2) is 0 Å². The molecule has 0 fully saturated rings. The molecule has 4 nitrogen and oxygen atoms in total. The van der Waals surface area contributed by atoms with Crippen LogP contribution >= 0.6 is 0 Å². The molecule has 2 aromatic rings. The van der Waals surface area contributed by atoms with Crippen molar-refractivity contribution in [2.45, 2.75) is 60.2 Å². The summed E-state index contributed by atoms with van der Waals surface area (Å²) in [6, 6.07) is 15.2. The molecule has 0 atom stereocenters. The number of rotatable bonds is 13. The molecule has 0 aliphatic heterocycles. The number of benzene rings is 2. The summed E-state index contributed by atoms with van der Waals surface area (Å²) in [5.41, 5.74) is 1.47. The van der Waals surface area contributed by atoms with Crippen LogP contribution in [-0.2, 0) is 0 Å². The normalized spacial score (nSPS) is 11.8. The van der Waals surface area contributed by atoms with Gasteiger partial charge in [0.1, 0.15) is 0 Å². The molecule has 174 valence electrons. The summed E-state index contributed by atoms with van der Waals surface area (Å²) >= 11 is -4.84. The fraction of sp³-hybridized carbons (Fsp3) is 0.462. The van der Waals surface area contributed by atoms with Crippen molar-refractivity contribution >= 4 is 35.8 Å². The van der Waals surface area contributed by atoms with Crippen molar-refractivity contribution in [1.82, 2.24) is 0 Å². The van der Waals surface area contributed by atoms with Crippen molar-refractivity contribution in [2.24, 2.45) is 0 Å². The summed E-state index contributed by atoms with van der Waals surface area (Å²) < 4.78 is 12.5. The quantitative estimate of drug-likeness (QED) is 0.200. The minimum absolute atomic E-state index is 0.284. The molecule has 2 aromatic carbocycles. The van der Waals surface area contributed by atoms with Crippen LogP contribution in [0.25, 0.3) is 0 Å². The van der Waals surface area contributed by atoms with Gasteiger partial charge in [-0.05, 0) is 0 Å². The third-order valence-corrected chi connectivity index (χ3v) is 12.0. The van der Waals surface area contributed by atoms with Crippen LogP contribution in [0, 0.1) is 0 Å². The number of hydrogen-bond acceptors (Lipinski definition) is 4. The van der Waals surface area contributed by atoms with E-state index in [2.05, 4.69) is 34.5 Å². The van der Waals surface area contributed by atoms with Gasteiger partial charge in [0.25, 0.3) is 0 Å². The average molecular weight is 560 g/mol. The second kappa shape index (κ2) is 12.1. The average Bonchev–Trinajstić information content (AvgIpc) is 2.74. The Morgan fingerprint density at radius 2 is 0.938 bits per heavy atom. The molecule has 32 heavy (non-hydrogen) atoms. The van der Waals surface area contributed by atoms with Crippen LogP contribution in [-0.4, -0.2) is 49.0 Å². The summed E-state index contributed by atoms with van der Waals surface area (Å²) in [5.74, 6) is 14.1. The summed E-state index contributed by atoms with van der Waals surface area (Å²) in [5, 5.41) is 0. The van der Waals surface area contributed by atoms with Crippen molar-refractivity contribution in [2.75, 3.05) is 13.2 Å². The standard InChI is InChI=1S/C26H38Ge2O4/c1-27(2,3)25(29)21-15-9-11-17-23(21)31-19-13-7-8-14-20-32-24-18-12-10-16-22(24)26(30)28(4,5)6/h9-12,15-18H,7-8,13-14,19-20H2,1-6H3. The Labute approximate surface area is 198 Å². The number of unbranched alkanes of at least 4 members (excludes halogenated alkanes) is 3. The van der Waals surface area contributed by atoms with E-state index in [0.29, 0.717) is 24.7 Å². The zero-order valence-electron chi connectivity index (χ0n) is 20.5. The first-order valence-electron chi connectivity index (χ1n) is 11.5. The molecule has 0 N–H and O–H groups in total. The van der Waals surface area contributed by atoms with E-state index < -0.39 is 26.5 Å². The van der Waals surface area contributed by atoms with E-state index in [1.165, 1.54) is 0 Å². The third kappa shape index (κ3) is 8.11. The number of hydrogen-bond donors (Lipinski definition) is 0. The second-order valence-corrected chi connectivity index (χ2v) is 31.0. The third-order valence-electron chi connectivity index (χ3n) is 5.18. The van der Waals surface area contributed by atoms with E-state index in [1.807, 2.05) is 48.5 Å². The molecule has 2 rings (SSSR count). The SMILES string of the molecule is [CH3][Ge]([CH3])([CH3])[C](=O)c1ccccc1OCCCCCCOc1ccccc1[C](=O)[Ge]([CH3])([CH3])[CH3]. The summed E-state index contributed by atoms with van der Waals surface area (Å²) in [7, 11) is 0. The van der Waals surface area contributed by atoms with Gasteiger partial charge in [-0.25, -0.2) is 0 Å². The predicted octanol–water partition coefficient (Wildman–Crippen LogP) is 6.83. The molecule has 0 aromatic heterocycles. The zero-order valence-corrected chi connectivity index (χ0v) is 24.7. The van der Waals surface area contributed by atoms with Gasteiger partial charge < -0.3 is 0 Å². The van der Waals surface area contributed by atoms with Gasteiger partial charge in [0.05, 0.1) is 0 Å². The number of carbonyl (C=O) groups is 2. The monoisotopic (exact) mass is 562 g/mol. The molecule has 0 heterocycles. The van der Waals surface area contributed by atoms with Gasteiger partial charge in [-0.2, -0.15) is 0 Å². The molecule has 0 unspecified atom stereocenters. The van der Waals surface area contributed by atoms with Gasteiger partial charge in [0.2, 0.25) is 0 Å². The van der Waals surface area contributed by atoms with Crippen molar-refractivity contribution in [1.29, 1.82) is 0 Å². The molecule has 0 saturated carbocycles. The zero-order chi connectivity index (χ0) is 23.8. The first-order valence-corrected chi connectivity index (χ1v) is 26.2. The van der Waals surface area contributed by atoms with Crippen LogP contribution < -0.4 is 9.47 Å². The van der Waals surface area contributed by atoms with Gasteiger partial charge in [-0.15, -0.1) is 0 Å². The summed E-state index contributed by atoms with van der Waals surface area (Å²) in [6.07, 6.45) is 3.95. The Kier molecular flexibility index (Phi) is 10.1. The number of ether oxygens (including phenoxy) is 2. The van der Waals surface area contributed by atoms with E-state index >= 15 is 0 Å². The van der Waals surface area contributed by atoms with E-state index in [9.17, 15) is 9.59 Å². The van der Waals surface area contributed by atoms with E-state index in [-0.39, 0.29) is 9.23 Å². The fourth-order valence-corrected chi connectivity index (χ4v) is 7.55. The van der Waals surface area contributed by atoms with Gasteiger partial charge >= 0.3 is 199 Å². The summed E-state index contributed by atoms with van der Waals surface area (Å²) in [4.78, 5) is 25.4. The van der Waals surface area contributed by atoms with E-state index in [0.717, 1.165) is 36.8 Å². The first kappa shape index (κ1) is 26.7. The molecule has 0 bridgehead atoms. The molecule has 0 aliphatic rings. The van der Waals surface area contributed by atoms with Crippen LogP contribution in [0.1, 0.15) is 46.4 Å². The van der Waals surface area contributed by atoms with E-state index in [4.69, 9.17) is 9.47 Å². The van der Waals surface area contributed by atoms with E-state index in [1.54, 1.807) is 0 Å². The van der Waals surface area contributed by atoms with Gasteiger partial charge in [-0.1, -0.05) is 0 Å². The molecular weight excluding hydrogens is 522 g/mol. The summed E-state index contributed by atoms with van der Waals surface area (Å²) in [6.45, 7) is 1.22. The van der Waals surface area contributed by atoms with Crippen LogP contribution in [0.3, 0.4) is 0 Å². The maximum absolute atomic E-state index is 12.7. The predicted molar refractivity (Wildman–Crippen MR) is 138 cm³/mol. The van der Waals surface area contributed by atoms with Crippen molar-refractivity contribution < 1.29 is 19.1 Å². The minimum atomic E-state index is -2.42. The Bertz CT molecular complexity index is 835. The van der Waals surface area contributed by atoms with Crippen LogP contribution in [0.5, 0.6) is 11.5 Å². The number of carbonyl (C=O) groups excluding carboxylic acids is 2. The molecule has 0 amide bonds. The molecule has 0 aliphatic carbocycles. The Morgan fingerprint density at radius 1 is 0.594 bits per heavy atom. The molecule has 0 saturated heterocycles. The Morgan fingerprint density at radius 3 is 1.28 bits per heavy atom. The molecule has 6 heteroatoms. The Hall–Kier alpha value is -1.53. The van der Waals surface area contributed by atoms with Crippen LogP contribution in [0.2, 0.25) is 34.5 Å². The van der Waals surface area contributed by atoms with Crippen molar-refractivity contribution in [3.05, 3.63) is 59.7 Å². The van der Waals surface area contributed by atoms with Gasteiger partial charge in [-0.3, -0.25) is 0 Å². The van der Waals surface area contributed by atoms with Crippen LogP contribution in [0.15, 0.2) is 48.5 Å². The van der Waals surface area contributed by atoms with Crippen molar-refractivity contribution in [3.8, 4) is 11.5 Å². The van der Waals surface area contributed by atoms with Crippen molar-refractivity contribution in [3.63, 3.8) is 0 Å². The second-order valence-electron chi connectivity index (χ2n) is 10.3. The molecule has 0 spiro atoms. The van der Waals surface area contributed by atoms with Crippen LogP contribution in [0.4, 0.5) is 0 Å². The maximum atomic E-state index is 12.7. The Balaban J connectivity index is 1.73. The number of para-hydroxylation sites is 2. The molecule has 0 radical (unpaired) electrons. The fourth-order valence-electron chi connectivity index (χ4n) is 3.29. The topological polar surface area (TPSA) is 52.6 Å². The first-order chi connectivity index (χ1) is 15.0. The van der Waals surface area contributed by atoms with Gasteiger partial charge in [0, 0.05) is 0 Å². The molecular formula is C26H38Ge2O4.